The zero-order valence-corrected chi connectivity index (χ0v) is 22.5. The van der Waals surface area contributed by atoms with Crippen molar-refractivity contribution in [2.75, 3.05) is 13.7 Å². The monoisotopic (exact) mass is 612 g/mol. The summed E-state index contributed by atoms with van der Waals surface area (Å²) in [6.07, 6.45) is 3.00. The highest BCUT2D eigenvalue weighted by Crippen LogP contribution is 2.38. The molecule has 0 amide bonds. The van der Waals surface area contributed by atoms with Crippen LogP contribution >= 0.6 is 45.5 Å². The molecule has 178 valence electrons. The Morgan fingerprint density at radius 2 is 2.12 bits per heavy atom. The SMILES string of the molecule is CCCC1=C(C(=O)OCC)[C@H](c2cc(Cl)ccc2OC)n2c(s/c(=C/c3ccc(I)o3)c2=O)=N1. The van der Waals surface area contributed by atoms with Gasteiger partial charge in [0.15, 0.2) is 8.57 Å². The van der Waals surface area contributed by atoms with Crippen LogP contribution in [0.25, 0.3) is 6.08 Å². The molecule has 10 heteroatoms. The maximum atomic E-state index is 13.7. The summed E-state index contributed by atoms with van der Waals surface area (Å²) in [5.74, 6) is 0.547. The molecule has 1 atom stereocenters. The van der Waals surface area contributed by atoms with Gasteiger partial charge in [-0.3, -0.25) is 9.36 Å². The van der Waals surface area contributed by atoms with Crippen molar-refractivity contribution in [2.24, 2.45) is 4.99 Å². The van der Waals surface area contributed by atoms with Crippen molar-refractivity contribution in [2.45, 2.75) is 32.7 Å². The largest absolute Gasteiger partial charge is 0.496 e. The van der Waals surface area contributed by atoms with Crippen LogP contribution in [0.5, 0.6) is 5.75 Å². The van der Waals surface area contributed by atoms with E-state index in [-0.39, 0.29) is 12.2 Å². The number of benzene rings is 1. The molecule has 0 N–H and O–H groups in total. The minimum absolute atomic E-state index is 0.197. The second kappa shape index (κ2) is 10.5. The average molecular weight is 613 g/mol. The Balaban J connectivity index is 2.05. The molecule has 0 saturated carbocycles. The second-order valence-electron chi connectivity index (χ2n) is 7.44. The van der Waals surface area contributed by atoms with E-state index in [0.29, 0.717) is 52.9 Å². The van der Waals surface area contributed by atoms with Crippen LogP contribution in [-0.4, -0.2) is 24.3 Å². The molecule has 0 radical (unpaired) electrons. The van der Waals surface area contributed by atoms with Crippen LogP contribution in [-0.2, 0) is 9.53 Å². The van der Waals surface area contributed by atoms with Crippen LogP contribution in [0, 0.1) is 3.77 Å². The second-order valence-corrected chi connectivity index (χ2v) is 9.95. The summed E-state index contributed by atoms with van der Waals surface area (Å²) in [4.78, 5) is 32.1. The summed E-state index contributed by atoms with van der Waals surface area (Å²) in [5, 5.41) is 0.459. The van der Waals surface area contributed by atoms with Crippen LogP contribution in [0.4, 0.5) is 0 Å². The molecule has 3 aromatic rings. The van der Waals surface area contributed by atoms with Gasteiger partial charge in [0.25, 0.3) is 5.56 Å². The number of furan rings is 1. The van der Waals surface area contributed by atoms with E-state index in [1.54, 1.807) is 37.3 Å². The summed E-state index contributed by atoms with van der Waals surface area (Å²) >= 11 is 9.66. The van der Waals surface area contributed by atoms with E-state index in [9.17, 15) is 9.59 Å². The molecule has 0 fully saturated rings. The van der Waals surface area contributed by atoms with Gasteiger partial charge in [0.05, 0.1) is 29.5 Å². The van der Waals surface area contributed by atoms with Crippen LogP contribution in [0.1, 0.15) is 44.1 Å². The molecule has 0 aliphatic carbocycles. The van der Waals surface area contributed by atoms with E-state index in [2.05, 4.69) is 22.6 Å². The first-order valence-electron chi connectivity index (χ1n) is 10.7. The summed E-state index contributed by atoms with van der Waals surface area (Å²) in [5.41, 5.74) is 1.20. The van der Waals surface area contributed by atoms with Gasteiger partial charge in [-0.2, -0.15) is 0 Å². The van der Waals surface area contributed by atoms with Crippen molar-refractivity contribution >= 4 is 57.6 Å². The molecule has 4 rings (SSSR count). The molecule has 0 saturated heterocycles. The number of nitrogens with zero attached hydrogens (tertiary/aromatic N) is 2. The highest BCUT2D eigenvalue weighted by molar-refractivity contribution is 14.1. The minimum atomic E-state index is -0.801. The fraction of sp³-hybridized carbons (Fsp3) is 0.292. The van der Waals surface area contributed by atoms with E-state index in [1.807, 2.05) is 13.0 Å². The third-order valence-electron chi connectivity index (χ3n) is 5.25. The molecular weight excluding hydrogens is 591 g/mol. The lowest BCUT2D eigenvalue weighted by Crippen LogP contribution is -2.40. The van der Waals surface area contributed by atoms with Gasteiger partial charge in [-0.1, -0.05) is 36.3 Å². The van der Waals surface area contributed by atoms with E-state index in [4.69, 9.17) is 30.5 Å². The lowest BCUT2D eigenvalue weighted by atomic mass is 9.93. The summed E-state index contributed by atoms with van der Waals surface area (Å²) in [6, 6.07) is 7.95. The Kier molecular flexibility index (Phi) is 7.63. The van der Waals surface area contributed by atoms with Gasteiger partial charge >= 0.3 is 5.97 Å². The fourth-order valence-corrected chi connectivity index (χ4v) is 5.48. The van der Waals surface area contributed by atoms with E-state index in [0.717, 1.165) is 6.42 Å². The number of carbonyl (C=O) groups excluding carboxylic acids is 1. The lowest BCUT2D eigenvalue weighted by molar-refractivity contribution is -0.139. The molecule has 1 aromatic carbocycles. The highest BCUT2D eigenvalue weighted by Gasteiger charge is 2.36. The molecule has 3 heterocycles. The first kappa shape index (κ1) is 24.7. The molecule has 2 aromatic heterocycles. The van der Waals surface area contributed by atoms with Crippen molar-refractivity contribution in [3.8, 4) is 5.75 Å². The van der Waals surface area contributed by atoms with Gasteiger partial charge < -0.3 is 13.9 Å². The Morgan fingerprint density at radius 3 is 2.76 bits per heavy atom. The smallest absolute Gasteiger partial charge is 0.338 e. The number of hydrogen-bond acceptors (Lipinski definition) is 7. The molecule has 0 bridgehead atoms. The number of carbonyl (C=O) groups is 1. The van der Waals surface area contributed by atoms with Gasteiger partial charge in [0.2, 0.25) is 0 Å². The number of aromatic nitrogens is 1. The molecular formula is C24H22ClIN2O5S. The van der Waals surface area contributed by atoms with Crippen molar-refractivity contribution in [3.63, 3.8) is 0 Å². The Morgan fingerprint density at radius 1 is 1.32 bits per heavy atom. The quantitative estimate of drug-likeness (QED) is 0.291. The van der Waals surface area contributed by atoms with Crippen molar-refractivity contribution in [1.82, 2.24) is 4.57 Å². The predicted octanol–water partition coefficient (Wildman–Crippen LogP) is 4.44. The van der Waals surface area contributed by atoms with Crippen LogP contribution in [0.3, 0.4) is 0 Å². The number of allylic oxidation sites excluding steroid dienone is 1. The average Bonchev–Trinajstić information content (AvgIpc) is 3.35. The number of rotatable bonds is 7. The normalized spacial score (nSPS) is 15.8. The van der Waals surface area contributed by atoms with Gasteiger partial charge in [-0.25, -0.2) is 9.79 Å². The number of methoxy groups -OCH3 is 1. The van der Waals surface area contributed by atoms with Crippen LogP contribution in [0.15, 0.2) is 55.8 Å². The number of ether oxygens (including phenoxy) is 2. The number of esters is 1. The van der Waals surface area contributed by atoms with Crippen molar-refractivity contribution < 1.29 is 18.7 Å². The van der Waals surface area contributed by atoms with Crippen molar-refractivity contribution in [3.05, 3.63) is 81.4 Å². The van der Waals surface area contributed by atoms with Gasteiger partial charge in [0, 0.05) is 16.7 Å². The zero-order valence-electron chi connectivity index (χ0n) is 18.8. The topological polar surface area (TPSA) is 83.0 Å². The van der Waals surface area contributed by atoms with E-state index >= 15 is 0 Å². The number of fused-ring (bicyclic) bond motifs is 1. The molecule has 34 heavy (non-hydrogen) atoms. The number of hydrogen-bond donors (Lipinski definition) is 0. The Hall–Kier alpha value is -2.37. The third kappa shape index (κ3) is 4.73. The zero-order chi connectivity index (χ0) is 24.4. The molecule has 0 spiro atoms. The van der Waals surface area contributed by atoms with Crippen LogP contribution in [0.2, 0.25) is 5.02 Å². The first-order chi connectivity index (χ1) is 16.4. The first-order valence-corrected chi connectivity index (χ1v) is 13.0. The minimum Gasteiger partial charge on any atom is -0.496 e. The summed E-state index contributed by atoms with van der Waals surface area (Å²) in [7, 11) is 1.54. The molecule has 1 aliphatic heterocycles. The maximum absolute atomic E-state index is 13.7. The number of thiazole rings is 1. The predicted molar refractivity (Wildman–Crippen MR) is 139 cm³/mol. The van der Waals surface area contributed by atoms with Gasteiger partial charge in [-0.05, 0) is 66.3 Å². The molecule has 0 unspecified atom stereocenters. The molecule has 1 aliphatic rings. The van der Waals surface area contributed by atoms with Gasteiger partial charge in [-0.15, -0.1) is 0 Å². The Labute approximate surface area is 218 Å². The maximum Gasteiger partial charge on any atom is 0.338 e. The summed E-state index contributed by atoms with van der Waals surface area (Å²) in [6.45, 7) is 3.95. The van der Waals surface area contributed by atoms with Crippen molar-refractivity contribution in [1.29, 1.82) is 0 Å². The number of halogens is 2. The Bertz CT molecular complexity index is 1450. The van der Waals surface area contributed by atoms with Gasteiger partial charge in [0.1, 0.15) is 17.6 Å². The van der Waals surface area contributed by atoms with Crippen LogP contribution < -0.4 is 19.6 Å². The summed E-state index contributed by atoms with van der Waals surface area (Å²) < 4.78 is 19.3. The molecule has 7 nitrogen and oxygen atoms in total. The van der Waals surface area contributed by atoms with E-state index in [1.165, 1.54) is 23.0 Å². The highest BCUT2D eigenvalue weighted by atomic mass is 127. The third-order valence-corrected chi connectivity index (χ3v) is 7.04. The van der Waals surface area contributed by atoms with E-state index < -0.39 is 12.0 Å². The fourth-order valence-electron chi connectivity index (χ4n) is 3.87. The standard InChI is InChI=1S/C24H22ClIN2O5S/c1-4-6-16-20(23(30)32-5-2)21(15-11-13(25)7-9-17(15)31-3)28-22(29)18(34-24(28)27-16)12-14-8-10-19(26)33-14/h7-12,21H,4-6H2,1-3H3/b18-12+/t21-/m0/s1. The lowest BCUT2D eigenvalue weighted by Gasteiger charge is -2.27.